The molecule has 0 spiro atoms. The van der Waals surface area contributed by atoms with Crippen molar-refractivity contribution in [2.75, 3.05) is 0 Å². The van der Waals surface area contributed by atoms with Gasteiger partial charge in [0, 0.05) is 43.8 Å². The van der Waals surface area contributed by atoms with Gasteiger partial charge in [0.15, 0.2) is 0 Å². The van der Waals surface area contributed by atoms with Gasteiger partial charge in [0.05, 0.1) is 0 Å². The topological polar surface area (TPSA) is 39.8 Å². The summed E-state index contributed by atoms with van der Waals surface area (Å²) in [5.74, 6) is 0. The fraction of sp³-hybridized carbons (Fsp3) is 0.333. The van der Waals surface area contributed by atoms with E-state index in [4.69, 9.17) is 0 Å². The normalized spacial score (nSPS) is 10.6. The van der Waals surface area contributed by atoms with E-state index in [1.165, 1.54) is 0 Å². The molecular weight excluding hydrogens is 202 g/mol. The van der Waals surface area contributed by atoms with Crippen LogP contribution in [0.25, 0.3) is 0 Å². The maximum atomic E-state index is 11.7. The molecule has 0 aliphatic carbocycles. The summed E-state index contributed by atoms with van der Waals surface area (Å²) in [6.07, 6.45) is 6.21. The first kappa shape index (κ1) is 10.7. The van der Waals surface area contributed by atoms with Crippen molar-refractivity contribution in [1.29, 1.82) is 0 Å². The van der Waals surface area contributed by atoms with E-state index in [1.54, 1.807) is 15.3 Å². The van der Waals surface area contributed by atoms with Crippen molar-refractivity contribution >= 4 is 0 Å². The molecule has 16 heavy (non-hydrogen) atoms. The summed E-state index contributed by atoms with van der Waals surface area (Å²) in [7, 11) is 0. The molecular formula is C12H15N3O. The fourth-order valence-corrected chi connectivity index (χ4v) is 1.65. The molecule has 0 aliphatic heterocycles. The van der Waals surface area contributed by atoms with E-state index < -0.39 is 0 Å². The predicted molar refractivity (Wildman–Crippen MR) is 62.3 cm³/mol. The lowest BCUT2D eigenvalue weighted by atomic mass is 10.3. The molecule has 4 nitrogen and oxygen atoms in total. The molecule has 0 saturated heterocycles. The number of hydrogen-bond acceptors (Lipinski definition) is 2. The zero-order chi connectivity index (χ0) is 11.4. The molecule has 2 aromatic rings. The van der Waals surface area contributed by atoms with Gasteiger partial charge in [-0.2, -0.15) is 0 Å². The summed E-state index contributed by atoms with van der Waals surface area (Å²) in [6.45, 7) is 3.36. The summed E-state index contributed by atoms with van der Waals surface area (Å²) in [5, 5.41) is 0. The van der Waals surface area contributed by atoms with Crippen LogP contribution in [0.4, 0.5) is 0 Å². The van der Waals surface area contributed by atoms with Crippen molar-refractivity contribution in [3.63, 3.8) is 0 Å². The maximum absolute atomic E-state index is 11.7. The Hall–Kier alpha value is -1.84. The summed E-state index contributed by atoms with van der Waals surface area (Å²) < 4.78 is 3.41. The molecule has 0 radical (unpaired) electrons. The molecule has 0 unspecified atom stereocenters. The molecule has 0 amide bonds. The molecule has 0 saturated carbocycles. The molecule has 4 heteroatoms. The summed E-state index contributed by atoms with van der Waals surface area (Å²) >= 11 is 0. The van der Waals surface area contributed by atoms with Crippen LogP contribution in [0.15, 0.2) is 41.6 Å². The maximum Gasteiger partial charge on any atom is 0.328 e. The van der Waals surface area contributed by atoms with Crippen LogP contribution >= 0.6 is 0 Å². The average molecular weight is 217 g/mol. The molecule has 0 aromatic carbocycles. The van der Waals surface area contributed by atoms with Gasteiger partial charge in [0.1, 0.15) is 0 Å². The van der Waals surface area contributed by atoms with Crippen LogP contribution in [-0.4, -0.2) is 14.1 Å². The summed E-state index contributed by atoms with van der Waals surface area (Å²) in [6, 6.07) is 5.83. The van der Waals surface area contributed by atoms with E-state index in [9.17, 15) is 4.79 Å². The standard InChI is InChI=1S/C12H15N3O/c1-2-14-9-10-15(12(14)16)8-6-11-5-3-4-7-13-11/h3-5,7,9-10H,2,6,8H2,1H3. The number of rotatable bonds is 4. The summed E-state index contributed by atoms with van der Waals surface area (Å²) in [4.78, 5) is 16.0. The van der Waals surface area contributed by atoms with E-state index in [-0.39, 0.29) is 5.69 Å². The van der Waals surface area contributed by atoms with Crippen molar-refractivity contribution in [1.82, 2.24) is 14.1 Å². The van der Waals surface area contributed by atoms with E-state index in [2.05, 4.69) is 4.98 Å². The first-order chi connectivity index (χ1) is 7.81. The lowest BCUT2D eigenvalue weighted by Gasteiger charge is -2.01. The molecule has 0 fully saturated rings. The number of pyridine rings is 1. The van der Waals surface area contributed by atoms with Crippen LogP contribution in [0.2, 0.25) is 0 Å². The van der Waals surface area contributed by atoms with E-state index in [1.807, 2.05) is 37.5 Å². The third-order valence-electron chi connectivity index (χ3n) is 2.59. The Kier molecular flexibility index (Phi) is 3.19. The number of aryl methyl sites for hydroxylation is 3. The van der Waals surface area contributed by atoms with Gasteiger partial charge in [0.25, 0.3) is 0 Å². The molecule has 0 aliphatic rings. The lowest BCUT2D eigenvalue weighted by molar-refractivity contribution is 0.621. The van der Waals surface area contributed by atoms with Crippen molar-refractivity contribution in [2.24, 2.45) is 0 Å². The molecule has 2 aromatic heterocycles. The quantitative estimate of drug-likeness (QED) is 0.774. The average Bonchev–Trinajstić information content (AvgIpc) is 2.69. The third-order valence-corrected chi connectivity index (χ3v) is 2.59. The second kappa shape index (κ2) is 4.79. The van der Waals surface area contributed by atoms with Crippen LogP contribution < -0.4 is 5.69 Å². The van der Waals surface area contributed by atoms with Crippen molar-refractivity contribution in [3.05, 3.63) is 53.0 Å². The third kappa shape index (κ3) is 2.21. The number of aromatic nitrogens is 3. The largest absolute Gasteiger partial charge is 0.328 e. The van der Waals surface area contributed by atoms with E-state index in [0.29, 0.717) is 6.54 Å². The number of nitrogens with zero attached hydrogens (tertiary/aromatic N) is 3. The SMILES string of the molecule is CCn1ccn(CCc2ccccn2)c1=O. The Morgan fingerprint density at radius 3 is 2.69 bits per heavy atom. The van der Waals surface area contributed by atoms with Gasteiger partial charge in [-0.15, -0.1) is 0 Å². The predicted octanol–water partition coefficient (Wildman–Crippen LogP) is 1.31. The van der Waals surface area contributed by atoms with Gasteiger partial charge in [-0.05, 0) is 19.1 Å². The molecule has 2 rings (SSSR count). The van der Waals surface area contributed by atoms with Gasteiger partial charge < -0.3 is 0 Å². The van der Waals surface area contributed by atoms with Crippen LogP contribution in [0, 0.1) is 0 Å². The van der Waals surface area contributed by atoms with Gasteiger partial charge in [-0.1, -0.05) is 6.07 Å². The molecule has 0 atom stereocenters. The van der Waals surface area contributed by atoms with Crippen LogP contribution in [0.3, 0.4) is 0 Å². The number of imidazole rings is 1. The first-order valence-corrected chi connectivity index (χ1v) is 5.46. The van der Waals surface area contributed by atoms with Crippen LogP contribution in [-0.2, 0) is 19.5 Å². The Labute approximate surface area is 94.2 Å². The Morgan fingerprint density at radius 1 is 1.25 bits per heavy atom. The minimum absolute atomic E-state index is 0.0541. The van der Waals surface area contributed by atoms with Crippen LogP contribution in [0.5, 0.6) is 0 Å². The van der Waals surface area contributed by atoms with Crippen molar-refractivity contribution in [2.45, 2.75) is 26.4 Å². The Balaban J connectivity index is 2.05. The minimum Gasteiger partial charge on any atom is -0.300 e. The monoisotopic (exact) mass is 217 g/mol. The second-order valence-corrected chi connectivity index (χ2v) is 3.63. The van der Waals surface area contributed by atoms with Crippen molar-refractivity contribution < 1.29 is 0 Å². The summed E-state index contributed by atoms with van der Waals surface area (Å²) in [5.41, 5.74) is 1.07. The molecule has 2 heterocycles. The van der Waals surface area contributed by atoms with Crippen LogP contribution in [0.1, 0.15) is 12.6 Å². The van der Waals surface area contributed by atoms with Gasteiger partial charge in [0.2, 0.25) is 0 Å². The zero-order valence-corrected chi connectivity index (χ0v) is 9.34. The minimum atomic E-state index is 0.0541. The molecule has 84 valence electrons. The zero-order valence-electron chi connectivity index (χ0n) is 9.34. The smallest absolute Gasteiger partial charge is 0.300 e. The fourth-order valence-electron chi connectivity index (χ4n) is 1.65. The molecule has 0 N–H and O–H groups in total. The number of hydrogen-bond donors (Lipinski definition) is 0. The van der Waals surface area contributed by atoms with Gasteiger partial charge >= 0.3 is 5.69 Å². The van der Waals surface area contributed by atoms with Crippen molar-refractivity contribution in [3.8, 4) is 0 Å². The Bertz CT molecular complexity index is 498. The van der Waals surface area contributed by atoms with E-state index in [0.717, 1.165) is 18.7 Å². The highest BCUT2D eigenvalue weighted by Gasteiger charge is 2.01. The Morgan fingerprint density at radius 2 is 2.06 bits per heavy atom. The first-order valence-electron chi connectivity index (χ1n) is 5.46. The van der Waals surface area contributed by atoms with E-state index >= 15 is 0 Å². The highest BCUT2D eigenvalue weighted by atomic mass is 16.1. The highest BCUT2D eigenvalue weighted by Crippen LogP contribution is 1.96. The second-order valence-electron chi connectivity index (χ2n) is 3.63. The lowest BCUT2D eigenvalue weighted by Crippen LogP contribution is -2.24. The highest BCUT2D eigenvalue weighted by molar-refractivity contribution is 5.03. The molecule has 0 bridgehead atoms. The van der Waals surface area contributed by atoms with Gasteiger partial charge in [-0.25, -0.2) is 4.79 Å². The van der Waals surface area contributed by atoms with Gasteiger partial charge in [-0.3, -0.25) is 14.1 Å².